The molecule has 1 atom stereocenters. The van der Waals surface area contributed by atoms with E-state index in [1.807, 2.05) is 43.3 Å². The van der Waals surface area contributed by atoms with Crippen LogP contribution < -0.4 is 5.32 Å². The third kappa shape index (κ3) is 3.48. The molecule has 19 heavy (non-hydrogen) atoms. The molecule has 1 aromatic carbocycles. The van der Waals surface area contributed by atoms with E-state index in [1.165, 1.54) is 0 Å². The van der Waals surface area contributed by atoms with Crippen LogP contribution in [-0.2, 0) is 12.1 Å². The molecule has 2 rings (SSSR count). The van der Waals surface area contributed by atoms with Gasteiger partial charge in [0, 0.05) is 0 Å². The summed E-state index contributed by atoms with van der Waals surface area (Å²) in [6.45, 7) is 2.52. The van der Waals surface area contributed by atoms with Gasteiger partial charge in [-0.15, -0.1) is 0 Å². The monoisotopic (exact) mass is 387 g/mol. The molecule has 3 nitrogen and oxygen atoms in total. The molecule has 1 aromatic heterocycles. The Morgan fingerprint density at radius 2 is 1.95 bits per heavy atom. The highest BCUT2D eigenvalue weighted by Gasteiger charge is 2.25. The lowest BCUT2D eigenvalue weighted by Crippen LogP contribution is -2.42. The quantitative estimate of drug-likeness (QED) is 0.818. The Balaban J connectivity index is 2.11. The largest absolute Gasteiger partial charge is 0.452 e. The molecule has 0 bridgehead atoms. The summed E-state index contributed by atoms with van der Waals surface area (Å²) >= 11 is 6.69. The van der Waals surface area contributed by atoms with Crippen LogP contribution in [0.1, 0.15) is 18.2 Å². The molecule has 0 fully saturated rings. The molecule has 0 aliphatic rings. The third-order valence-electron chi connectivity index (χ3n) is 3.08. The van der Waals surface area contributed by atoms with Gasteiger partial charge in [-0.2, -0.15) is 0 Å². The van der Waals surface area contributed by atoms with Gasteiger partial charge in [0.05, 0.1) is 23.2 Å². The number of nitrogens with one attached hydrogen (secondary N) is 1. The minimum Gasteiger partial charge on any atom is -0.452 e. The Kier molecular flexibility index (Phi) is 4.84. The number of halogens is 2. The average molecular weight is 389 g/mol. The zero-order valence-corrected chi connectivity index (χ0v) is 13.7. The second-order valence-electron chi connectivity index (χ2n) is 4.54. The average Bonchev–Trinajstić information content (AvgIpc) is 2.76. The van der Waals surface area contributed by atoms with E-state index in [-0.39, 0.29) is 6.61 Å². The molecule has 0 aliphatic heterocycles. The lowest BCUT2D eigenvalue weighted by atomic mass is 9.93. The number of furan rings is 1. The van der Waals surface area contributed by atoms with E-state index in [9.17, 15) is 5.11 Å². The summed E-state index contributed by atoms with van der Waals surface area (Å²) in [6, 6.07) is 11.8. The smallest absolute Gasteiger partial charge is 0.183 e. The van der Waals surface area contributed by atoms with E-state index in [4.69, 9.17) is 4.42 Å². The van der Waals surface area contributed by atoms with Crippen LogP contribution in [0.4, 0.5) is 0 Å². The third-order valence-corrected chi connectivity index (χ3v) is 4.79. The first-order valence-electron chi connectivity index (χ1n) is 5.90. The zero-order valence-electron chi connectivity index (χ0n) is 10.5. The number of aliphatic hydroxyl groups is 1. The molecule has 0 spiro atoms. The van der Waals surface area contributed by atoms with Crippen molar-refractivity contribution < 1.29 is 9.52 Å². The maximum atomic E-state index is 9.66. The van der Waals surface area contributed by atoms with Crippen molar-refractivity contribution in [3.63, 3.8) is 0 Å². The van der Waals surface area contributed by atoms with Crippen LogP contribution in [0.15, 0.2) is 50.0 Å². The number of aliphatic hydroxyl groups excluding tert-OH is 1. The zero-order chi connectivity index (χ0) is 13.9. The fraction of sp³-hybridized carbons (Fsp3) is 0.286. The van der Waals surface area contributed by atoms with Gasteiger partial charge < -0.3 is 9.52 Å². The Bertz CT molecular complexity index is 522. The van der Waals surface area contributed by atoms with Crippen molar-refractivity contribution in [1.82, 2.24) is 5.32 Å². The van der Waals surface area contributed by atoms with Crippen molar-refractivity contribution in [3.8, 4) is 0 Å². The minimum atomic E-state index is -0.493. The number of hydrogen-bond donors (Lipinski definition) is 2. The van der Waals surface area contributed by atoms with Crippen molar-refractivity contribution in [1.29, 1.82) is 0 Å². The number of hydrogen-bond acceptors (Lipinski definition) is 3. The van der Waals surface area contributed by atoms with Crippen LogP contribution in [0.3, 0.4) is 0 Å². The van der Waals surface area contributed by atoms with Gasteiger partial charge >= 0.3 is 0 Å². The molecule has 2 N–H and O–H groups in total. The van der Waals surface area contributed by atoms with Crippen molar-refractivity contribution in [2.45, 2.75) is 19.0 Å². The van der Waals surface area contributed by atoms with E-state index < -0.39 is 5.54 Å². The lowest BCUT2D eigenvalue weighted by Gasteiger charge is -2.29. The molecular formula is C14H15Br2NO2. The van der Waals surface area contributed by atoms with Gasteiger partial charge in [0.15, 0.2) is 4.67 Å². The summed E-state index contributed by atoms with van der Waals surface area (Å²) in [7, 11) is 0. The number of benzene rings is 1. The summed E-state index contributed by atoms with van der Waals surface area (Å²) in [4.78, 5) is 0. The highest BCUT2D eigenvalue weighted by Crippen LogP contribution is 2.27. The first kappa shape index (κ1) is 14.8. The Morgan fingerprint density at radius 1 is 1.26 bits per heavy atom. The second-order valence-corrected chi connectivity index (χ2v) is 6.12. The topological polar surface area (TPSA) is 45.4 Å². The van der Waals surface area contributed by atoms with E-state index in [1.54, 1.807) is 0 Å². The molecular weight excluding hydrogens is 374 g/mol. The van der Waals surface area contributed by atoms with E-state index in [0.717, 1.165) is 15.8 Å². The molecule has 2 aromatic rings. The SMILES string of the molecule is CC(CO)(NCc1cc(Br)c(Br)o1)c1ccccc1. The molecule has 5 heteroatoms. The van der Waals surface area contributed by atoms with Crippen molar-refractivity contribution >= 4 is 31.9 Å². The molecule has 0 saturated carbocycles. The molecule has 102 valence electrons. The standard InChI is InChI=1S/C14H15Br2NO2/c1-14(9-18,10-5-3-2-4-6-10)17-8-11-7-12(15)13(16)19-11/h2-7,17-18H,8-9H2,1H3. The van der Waals surface area contributed by atoms with Gasteiger partial charge in [-0.1, -0.05) is 30.3 Å². The van der Waals surface area contributed by atoms with Crippen LogP contribution >= 0.6 is 31.9 Å². The van der Waals surface area contributed by atoms with Gasteiger partial charge in [0.25, 0.3) is 0 Å². The molecule has 1 heterocycles. The van der Waals surface area contributed by atoms with E-state index in [2.05, 4.69) is 37.2 Å². The predicted octanol–water partition coefficient (Wildman–Crippen LogP) is 3.80. The first-order valence-corrected chi connectivity index (χ1v) is 7.49. The minimum absolute atomic E-state index is 0.0139. The van der Waals surface area contributed by atoms with Gasteiger partial charge in [0.1, 0.15) is 5.76 Å². The molecule has 0 aliphatic carbocycles. The van der Waals surface area contributed by atoms with E-state index in [0.29, 0.717) is 11.2 Å². The van der Waals surface area contributed by atoms with Crippen LogP contribution in [0, 0.1) is 0 Å². The molecule has 0 amide bonds. The maximum Gasteiger partial charge on any atom is 0.183 e. The summed E-state index contributed by atoms with van der Waals surface area (Å²) < 4.78 is 7.08. The van der Waals surface area contributed by atoms with E-state index >= 15 is 0 Å². The summed E-state index contributed by atoms with van der Waals surface area (Å²) in [5.74, 6) is 0.800. The van der Waals surface area contributed by atoms with Crippen LogP contribution in [0.5, 0.6) is 0 Å². The normalized spacial score (nSPS) is 14.3. The van der Waals surface area contributed by atoms with Gasteiger partial charge in [-0.25, -0.2) is 0 Å². The van der Waals surface area contributed by atoms with Gasteiger partial charge in [-0.3, -0.25) is 5.32 Å². The van der Waals surface area contributed by atoms with Crippen molar-refractivity contribution in [2.75, 3.05) is 6.61 Å². The second kappa shape index (κ2) is 6.22. The summed E-state index contributed by atoms with van der Waals surface area (Å²) in [6.07, 6.45) is 0. The molecule has 1 unspecified atom stereocenters. The van der Waals surface area contributed by atoms with Crippen LogP contribution in [0.2, 0.25) is 0 Å². The summed E-state index contributed by atoms with van der Waals surface area (Å²) in [5, 5.41) is 13.0. The van der Waals surface area contributed by atoms with Gasteiger partial charge in [0.2, 0.25) is 0 Å². The highest BCUT2D eigenvalue weighted by molar-refractivity contribution is 9.13. The highest BCUT2D eigenvalue weighted by atomic mass is 79.9. The Morgan fingerprint density at radius 3 is 2.47 bits per heavy atom. The summed E-state index contributed by atoms with van der Waals surface area (Å²) in [5.41, 5.74) is 0.551. The molecule has 0 radical (unpaired) electrons. The predicted molar refractivity (Wildman–Crippen MR) is 81.8 cm³/mol. The van der Waals surface area contributed by atoms with Crippen LogP contribution in [0.25, 0.3) is 0 Å². The Labute approximate surface area is 129 Å². The van der Waals surface area contributed by atoms with Crippen LogP contribution in [-0.4, -0.2) is 11.7 Å². The maximum absolute atomic E-state index is 9.66. The number of rotatable bonds is 5. The van der Waals surface area contributed by atoms with Crippen molar-refractivity contribution in [2.24, 2.45) is 0 Å². The fourth-order valence-electron chi connectivity index (χ4n) is 1.82. The van der Waals surface area contributed by atoms with Crippen molar-refractivity contribution in [3.05, 3.63) is 56.9 Å². The van der Waals surface area contributed by atoms with Gasteiger partial charge in [-0.05, 0) is 50.4 Å². The Hall–Kier alpha value is -0.620. The fourth-order valence-corrected chi connectivity index (χ4v) is 2.47. The molecule has 0 saturated heterocycles. The first-order chi connectivity index (χ1) is 9.05. The lowest BCUT2D eigenvalue weighted by molar-refractivity contribution is 0.170.